The molecule has 2 aromatic rings. The third kappa shape index (κ3) is 9.53. The van der Waals surface area contributed by atoms with Gasteiger partial charge in [0.2, 0.25) is 17.7 Å². The zero-order valence-corrected chi connectivity index (χ0v) is 22.0. The summed E-state index contributed by atoms with van der Waals surface area (Å²) in [7, 11) is 0. The largest absolute Gasteiger partial charge is 0.480 e. The number of rotatable bonds is 16. The zero-order valence-electron chi connectivity index (χ0n) is 21.2. The molecule has 0 aliphatic carbocycles. The molecule has 0 saturated carbocycles. The lowest BCUT2D eigenvalue weighted by molar-refractivity contribution is -0.142. The number of aromatic nitrogens is 4. The Bertz CT molecular complexity index is 1000. The number of nitrogens with one attached hydrogen (secondary N) is 5. The summed E-state index contributed by atoms with van der Waals surface area (Å²) in [6, 6.07) is -4.09. The van der Waals surface area contributed by atoms with Gasteiger partial charge in [0, 0.05) is 36.6 Å². The first-order valence-electron chi connectivity index (χ1n) is 12.0. The zero-order chi connectivity index (χ0) is 27.4. The Morgan fingerprint density at radius 3 is 1.95 bits per heavy atom. The van der Waals surface area contributed by atoms with Crippen LogP contribution in [0.1, 0.15) is 38.1 Å². The number of nitrogens with zero attached hydrogens (tertiary/aromatic N) is 2. The number of thioether (sulfide) groups is 1. The minimum Gasteiger partial charge on any atom is -0.480 e. The molecule has 0 aromatic carbocycles. The van der Waals surface area contributed by atoms with Gasteiger partial charge >= 0.3 is 5.97 Å². The van der Waals surface area contributed by atoms with E-state index in [1.807, 2.05) is 20.1 Å². The lowest BCUT2D eigenvalue weighted by Gasteiger charge is -2.26. The first-order chi connectivity index (χ1) is 17.7. The summed E-state index contributed by atoms with van der Waals surface area (Å²) in [4.78, 5) is 64.4. The van der Waals surface area contributed by atoms with Gasteiger partial charge in [0.05, 0.1) is 18.7 Å². The second-order valence-corrected chi connectivity index (χ2v) is 9.76. The fourth-order valence-corrected chi connectivity index (χ4v) is 3.94. The second-order valence-electron chi connectivity index (χ2n) is 8.78. The molecule has 2 aromatic heterocycles. The Balaban J connectivity index is 2.18. The van der Waals surface area contributed by atoms with Crippen LogP contribution < -0.4 is 21.7 Å². The maximum absolute atomic E-state index is 13.3. The van der Waals surface area contributed by atoms with Gasteiger partial charge in [0.15, 0.2) is 0 Å². The summed E-state index contributed by atoms with van der Waals surface area (Å²) in [5, 5.41) is 17.5. The number of imidazole rings is 2. The molecule has 14 heteroatoms. The van der Waals surface area contributed by atoms with Crippen molar-refractivity contribution < 1.29 is 24.3 Å². The molecule has 0 aliphatic rings. The average Bonchev–Trinajstić information content (AvgIpc) is 3.58. The minimum absolute atomic E-state index is 0.0221. The van der Waals surface area contributed by atoms with Crippen molar-refractivity contribution in [2.75, 3.05) is 12.0 Å². The van der Waals surface area contributed by atoms with Crippen molar-refractivity contribution >= 4 is 35.5 Å². The highest BCUT2D eigenvalue weighted by Crippen LogP contribution is 2.09. The first-order valence-corrected chi connectivity index (χ1v) is 13.4. The number of carboxylic acids is 1. The summed E-state index contributed by atoms with van der Waals surface area (Å²) in [6.45, 7) is 3.78. The number of H-pyrrole nitrogens is 2. The molecule has 0 radical (unpaired) electrons. The summed E-state index contributed by atoms with van der Waals surface area (Å²) in [5.41, 5.74) is 7.13. The van der Waals surface area contributed by atoms with E-state index in [2.05, 4.69) is 35.9 Å². The van der Waals surface area contributed by atoms with Crippen molar-refractivity contribution in [1.82, 2.24) is 35.9 Å². The highest BCUT2D eigenvalue weighted by Gasteiger charge is 2.31. The van der Waals surface area contributed by atoms with Crippen LogP contribution in [-0.4, -0.2) is 84.9 Å². The fraction of sp³-hybridized carbons (Fsp3) is 0.565. The molecule has 2 rings (SSSR count). The van der Waals surface area contributed by atoms with Crippen molar-refractivity contribution in [3.8, 4) is 0 Å². The Kier molecular flexibility index (Phi) is 12.1. The van der Waals surface area contributed by atoms with Crippen LogP contribution in [0.4, 0.5) is 0 Å². The quantitative estimate of drug-likeness (QED) is 0.148. The lowest BCUT2D eigenvalue weighted by atomic mass is 9.99. The smallest absolute Gasteiger partial charge is 0.326 e. The highest BCUT2D eigenvalue weighted by molar-refractivity contribution is 7.98. The van der Waals surface area contributed by atoms with Gasteiger partial charge in [-0.15, -0.1) is 0 Å². The number of hydrogen-bond acceptors (Lipinski definition) is 8. The number of nitrogens with two attached hydrogens (primary N) is 1. The van der Waals surface area contributed by atoms with Crippen molar-refractivity contribution in [2.45, 2.75) is 63.7 Å². The van der Waals surface area contributed by atoms with Gasteiger partial charge in [-0.1, -0.05) is 20.3 Å². The van der Waals surface area contributed by atoms with Gasteiger partial charge in [-0.05, 0) is 24.3 Å². The minimum atomic E-state index is -1.25. The monoisotopic (exact) mass is 536 g/mol. The maximum Gasteiger partial charge on any atom is 0.326 e. The number of aliphatic carboxylic acids is 1. The van der Waals surface area contributed by atoms with Gasteiger partial charge in [-0.25, -0.2) is 14.8 Å². The average molecular weight is 537 g/mol. The Morgan fingerprint density at radius 1 is 0.946 bits per heavy atom. The fourth-order valence-electron chi connectivity index (χ4n) is 3.47. The van der Waals surface area contributed by atoms with Gasteiger partial charge in [0.1, 0.15) is 18.1 Å². The van der Waals surface area contributed by atoms with E-state index in [9.17, 15) is 24.3 Å². The molecule has 37 heavy (non-hydrogen) atoms. The molecule has 3 amide bonds. The molecule has 8 N–H and O–H groups in total. The molecule has 0 aliphatic heterocycles. The predicted octanol–water partition coefficient (Wildman–Crippen LogP) is -0.416. The van der Waals surface area contributed by atoms with Crippen LogP contribution in [0, 0.1) is 5.92 Å². The van der Waals surface area contributed by atoms with Gasteiger partial charge in [-0.2, -0.15) is 11.8 Å². The van der Waals surface area contributed by atoms with Crippen molar-refractivity contribution in [3.05, 3.63) is 36.4 Å². The van der Waals surface area contributed by atoms with Gasteiger partial charge in [-0.3, -0.25) is 14.4 Å². The highest BCUT2D eigenvalue weighted by atomic mass is 32.2. The van der Waals surface area contributed by atoms with E-state index in [1.165, 1.54) is 36.8 Å². The van der Waals surface area contributed by atoms with E-state index in [1.54, 1.807) is 0 Å². The molecule has 0 bridgehead atoms. The van der Waals surface area contributed by atoms with Crippen LogP contribution in [-0.2, 0) is 32.0 Å². The molecule has 0 spiro atoms. The van der Waals surface area contributed by atoms with E-state index in [4.69, 9.17) is 5.73 Å². The number of aromatic amines is 2. The molecule has 204 valence electrons. The Morgan fingerprint density at radius 2 is 1.46 bits per heavy atom. The maximum atomic E-state index is 13.3. The van der Waals surface area contributed by atoms with Crippen molar-refractivity contribution in [1.29, 1.82) is 0 Å². The van der Waals surface area contributed by atoms with Crippen LogP contribution in [0.15, 0.2) is 25.0 Å². The van der Waals surface area contributed by atoms with Crippen LogP contribution in [0.25, 0.3) is 0 Å². The van der Waals surface area contributed by atoms with Crippen LogP contribution in [0.2, 0.25) is 0 Å². The molecular formula is C23H36N8O5S. The Labute approximate surface area is 219 Å². The number of carbonyl (C=O) groups excluding carboxylic acids is 3. The van der Waals surface area contributed by atoms with E-state index < -0.39 is 47.9 Å². The van der Waals surface area contributed by atoms with E-state index >= 15 is 0 Å². The molecule has 13 nitrogen and oxygen atoms in total. The summed E-state index contributed by atoms with van der Waals surface area (Å²) < 4.78 is 0. The van der Waals surface area contributed by atoms with Crippen LogP contribution >= 0.6 is 11.8 Å². The summed E-state index contributed by atoms with van der Waals surface area (Å²) >= 11 is 1.51. The van der Waals surface area contributed by atoms with E-state index in [-0.39, 0.29) is 18.8 Å². The molecule has 2 heterocycles. The summed E-state index contributed by atoms with van der Waals surface area (Å²) in [6.07, 6.45) is 8.72. The summed E-state index contributed by atoms with van der Waals surface area (Å²) in [5.74, 6) is -2.44. The SMILES string of the molecule is CCC(C)C(N)C(=O)NC(CCSC)C(=O)NC(Cc1cnc[nH]1)C(=O)NC(Cc1cnc[nH]1)C(=O)O. The normalized spacial score (nSPS) is 15.1. The third-order valence-corrected chi connectivity index (χ3v) is 6.65. The van der Waals surface area contributed by atoms with Gasteiger partial charge in [0.25, 0.3) is 0 Å². The topological polar surface area (TPSA) is 208 Å². The number of amides is 3. The molecule has 5 atom stereocenters. The van der Waals surface area contributed by atoms with E-state index in [0.717, 1.165) is 0 Å². The van der Waals surface area contributed by atoms with Crippen molar-refractivity contribution in [3.63, 3.8) is 0 Å². The second kappa shape index (κ2) is 15.0. The molecular weight excluding hydrogens is 500 g/mol. The first kappa shape index (κ1) is 29.8. The molecule has 0 saturated heterocycles. The number of hydrogen-bond donors (Lipinski definition) is 7. The van der Waals surface area contributed by atoms with E-state index in [0.29, 0.717) is 30.0 Å². The van der Waals surface area contributed by atoms with Crippen LogP contribution in [0.5, 0.6) is 0 Å². The van der Waals surface area contributed by atoms with Crippen LogP contribution in [0.3, 0.4) is 0 Å². The number of carbonyl (C=O) groups is 4. The molecule has 5 unspecified atom stereocenters. The lowest BCUT2D eigenvalue weighted by Crippen LogP contribution is -2.58. The van der Waals surface area contributed by atoms with Gasteiger partial charge < -0.3 is 36.8 Å². The Hall–Kier alpha value is -3.39. The third-order valence-electron chi connectivity index (χ3n) is 6.01. The standard InChI is InChI=1S/C23H36N8O5S/c1-4-13(2)19(24)22(34)29-16(5-6-37-3)20(32)30-17(7-14-9-25-11-27-14)21(33)31-18(23(35)36)8-15-10-26-12-28-15/h9-13,16-19H,4-8,24H2,1-3H3,(H,25,27)(H,26,28)(H,29,34)(H,30,32)(H,31,33)(H,35,36). The van der Waals surface area contributed by atoms with Crippen molar-refractivity contribution in [2.24, 2.45) is 11.7 Å². The predicted molar refractivity (Wildman–Crippen MR) is 138 cm³/mol. The number of carboxylic acid groups (broad SMARTS) is 1. The molecule has 0 fully saturated rings.